The van der Waals surface area contributed by atoms with Crippen LogP contribution < -0.4 is 16.6 Å². The minimum absolute atomic E-state index is 0.363. The molecule has 1 aliphatic carbocycles. The van der Waals surface area contributed by atoms with Gasteiger partial charge in [0.15, 0.2) is 5.82 Å². The first-order chi connectivity index (χ1) is 9.63. The largest absolute Gasteiger partial charge is 0.377 e. The molecule has 1 aromatic heterocycles. The summed E-state index contributed by atoms with van der Waals surface area (Å²) in [4.78, 5) is 11.0. The summed E-state index contributed by atoms with van der Waals surface area (Å²) in [6, 6.07) is 3.00. The maximum atomic E-state index is 5.42. The maximum Gasteiger partial charge on any atom is 0.158 e. The number of anilines is 2. The van der Waals surface area contributed by atoms with Crippen LogP contribution >= 0.6 is 0 Å². The Bertz CT molecular complexity index is 437. The number of methoxy groups -OCH3 is 1. The highest BCUT2D eigenvalue weighted by Crippen LogP contribution is 2.26. The van der Waals surface area contributed by atoms with Gasteiger partial charge in [-0.25, -0.2) is 15.8 Å². The molecule has 1 aromatic rings. The normalized spacial score (nSPS) is 16.2. The van der Waals surface area contributed by atoms with Crippen LogP contribution in [0, 0.1) is 0 Å². The molecule has 1 fully saturated rings. The van der Waals surface area contributed by atoms with Crippen LogP contribution in [0.5, 0.6) is 0 Å². The molecule has 1 saturated carbocycles. The zero-order chi connectivity index (χ0) is 14.5. The van der Waals surface area contributed by atoms with Crippen molar-refractivity contribution in [1.29, 1.82) is 0 Å². The summed E-state index contributed by atoms with van der Waals surface area (Å²) in [6.45, 7) is 3.41. The number of hydrazine groups is 1. The van der Waals surface area contributed by atoms with Crippen molar-refractivity contribution >= 4 is 11.6 Å². The summed E-state index contributed by atoms with van der Waals surface area (Å²) < 4.78 is 5.06. The van der Waals surface area contributed by atoms with Gasteiger partial charge in [-0.15, -0.1) is 0 Å². The topological polar surface area (TPSA) is 88.3 Å². The number of nitrogens with zero attached hydrogens (tertiary/aromatic N) is 3. The number of ether oxygens (including phenoxy) is 1. The van der Waals surface area contributed by atoms with E-state index in [1.54, 1.807) is 13.2 Å². The van der Waals surface area contributed by atoms with Crippen molar-refractivity contribution < 1.29 is 4.74 Å². The Hall–Kier alpha value is -1.44. The molecule has 1 heterocycles. The average molecular weight is 280 g/mol. The van der Waals surface area contributed by atoms with Gasteiger partial charge in [-0.05, 0) is 26.8 Å². The molecule has 7 nitrogen and oxygen atoms in total. The number of nitrogens with one attached hydrogen (secondary N) is 2. The van der Waals surface area contributed by atoms with Gasteiger partial charge in [0.2, 0.25) is 0 Å². The lowest BCUT2D eigenvalue weighted by Gasteiger charge is -2.24. The Morgan fingerprint density at radius 1 is 1.45 bits per heavy atom. The molecular weight excluding hydrogens is 256 g/mol. The van der Waals surface area contributed by atoms with E-state index in [2.05, 4.69) is 39.6 Å². The highest BCUT2D eigenvalue weighted by Gasteiger charge is 2.28. The maximum absolute atomic E-state index is 5.42. The fourth-order valence-electron chi connectivity index (χ4n) is 2.09. The van der Waals surface area contributed by atoms with Gasteiger partial charge < -0.3 is 15.5 Å². The summed E-state index contributed by atoms with van der Waals surface area (Å²) in [5, 5.41) is 3.34. The first-order valence-electron chi connectivity index (χ1n) is 6.93. The van der Waals surface area contributed by atoms with Crippen LogP contribution in [0.4, 0.5) is 11.6 Å². The first kappa shape index (κ1) is 15.0. The van der Waals surface area contributed by atoms with E-state index in [0.29, 0.717) is 24.3 Å². The van der Waals surface area contributed by atoms with Crippen LogP contribution in [0.3, 0.4) is 0 Å². The summed E-state index contributed by atoms with van der Waals surface area (Å²) in [7, 11) is 3.79. The second-order valence-corrected chi connectivity index (χ2v) is 5.26. The second-order valence-electron chi connectivity index (χ2n) is 5.26. The molecule has 0 amide bonds. The van der Waals surface area contributed by atoms with Gasteiger partial charge >= 0.3 is 0 Å². The third kappa shape index (κ3) is 4.03. The zero-order valence-electron chi connectivity index (χ0n) is 12.4. The highest BCUT2D eigenvalue weighted by molar-refractivity contribution is 5.46. The van der Waals surface area contributed by atoms with Crippen molar-refractivity contribution in [1.82, 2.24) is 14.9 Å². The molecule has 0 radical (unpaired) electrons. The Morgan fingerprint density at radius 3 is 2.75 bits per heavy atom. The fourth-order valence-corrected chi connectivity index (χ4v) is 2.09. The molecule has 1 atom stereocenters. The van der Waals surface area contributed by atoms with Gasteiger partial charge in [-0.2, -0.15) is 0 Å². The zero-order valence-corrected chi connectivity index (χ0v) is 12.4. The highest BCUT2D eigenvalue weighted by atomic mass is 16.5. The van der Waals surface area contributed by atoms with Crippen molar-refractivity contribution in [3.8, 4) is 0 Å². The van der Waals surface area contributed by atoms with Gasteiger partial charge in [0.1, 0.15) is 18.2 Å². The van der Waals surface area contributed by atoms with Crippen molar-refractivity contribution in [3.05, 3.63) is 11.9 Å². The predicted octanol–water partition coefficient (Wildman–Crippen LogP) is 0.803. The molecule has 0 aliphatic heterocycles. The van der Waals surface area contributed by atoms with Crippen LogP contribution in [-0.4, -0.2) is 47.7 Å². The minimum Gasteiger partial charge on any atom is -0.377 e. The lowest BCUT2D eigenvalue weighted by molar-refractivity contribution is 0.178. The monoisotopic (exact) mass is 280 g/mol. The molecule has 1 aliphatic rings. The predicted molar refractivity (Wildman–Crippen MR) is 79.3 cm³/mol. The first-order valence-corrected chi connectivity index (χ1v) is 6.93. The number of aromatic nitrogens is 2. The Labute approximate surface area is 119 Å². The Morgan fingerprint density at radius 2 is 2.15 bits per heavy atom. The Kier molecular flexibility index (Phi) is 5.11. The van der Waals surface area contributed by atoms with E-state index in [1.165, 1.54) is 12.8 Å². The summed E-state index contributed by atoms with van der Waals surface area (Å²) in [5.74, 6) is 7.37. The molecule has 112 valence electrons. The number of nitrogen functional groups attached to an aromatic ring is 1. The molecule has 0 aromatic carbocycles. The molecule has 1 unspecified atom stereocenters. The molecule has 2 rings (SSSR count). The van der Waals surface area contributed by atoms with Gasteiger partial charge in [0, 0.05) is 31.8 Å². The molecule has 20 heavy (non-hydrogen) atoms. The van der Waals surface area contributed by atoms with Crippen LogP contribution in [0.15, 0.2) is 6.07 Å². The van der Waals surface area contributed by atoms with E-state index in [-0.39, 0.29) is 0 Å². The van der Waals surface area contributed by atoms with Crippen molar-refractivity contribution in [3.63, 3.8) is 0 Å². The Balaban J connectivity index is 1.95. The third-order valence-electron chi connectivity index (χ3n) is 3.59. The average Bonchev–Trinajstić information content (AvgIpc) is 3.28. The smallest absolute Gasteiger partial charge is 0.158 e. The van der Waals surface area contributed by atoms with E-state index in [9.17, 15) is 0 Å². The van der Waals surface area contributed by atoms with E-state index in [1.807, 2.05) is 0 Å². The molecule has 0 spiro atoms. The van der Waals surface area contributed by atoms with E-state index < -0.39 is 0 Å². The molecule has 7 heteroatoms. The molecule has 0 bridgehead atoms. The minimum atomic E-state index is 0.363. The van der Waals surface area contributed by atoms with Crippen LogP contribution in [0.25, 0.3) is 0 Å². The van der Waals surface area contributed by atoms with Crippen LogP contribution in [0.2, 0.25) is 0 Å². The quantitative estimate of drug-likeness (QED) is 0.479. The molecule has 4 N–H and O–H groups in total. The van der Waals surface area contributed by atoms with Gasteiger partial charge in [-0.1, -0.05) is 0 Å². The molecule has 0 saturated heterocycles. The number of hydrogen-bond donors (Lipinski definition) is 3. The fraction of sp³-hybridized carbons (Fsp3) is 0.692. The SMILES string of the molecule is COCc1nc(NN)cc(NCC(C)N(C)C2CC2)n1. The van der Waals surface area contributed by atoms with E-state index in [0.717, 1.165) is 18.4 Å². The van der Waals surface area contributed by atoms with Crippen LogP contribution in [0.1, 0.15) is 25.6 Å². The third-order valence-corrected chi connectivity index (χ3v) is 3.59. The van der Waals surface area contributed by atoms with Crippen molar-refractivity contribution in [2.45, 2.75) is 38.5 Å². The van der Waals surface area contributed by atoms with Crippen LogP contribution in [-0.2, 0) is 11.3 Å². The van der Waals surface area contributed by atoms with E-state index >= 15 is 0 Å². The summed E-state index contributed by atoms with van der Waals surface area (Å²) >= 11 is 0. The lowest BCUT2D eigenvalue weighted by Crippen LogP contribution is -2.36. The molecular formula is C13H24N6O. The summed E-state index contributed by atoms with van der Waals surface area (Å²) in [6.07, 6.45) is 2.63. The van der Waals surface area contributed by atoms with E-state index in [4.69, 9.17) is 10.6 Å². The van der Waals surface area contributed by atoms with Crippen molar-refractivity contribution in [2.75, 3.05) is 31.4 Å². The number of hydrogen-bond acceptors (Lipinski definition) is 7. The number of likely N-dealkylation sites (N-methyl/N-ethyl adjacent to an activating group) is 1. The van der Waals surface area contributed by atoms with Crippen molar-refractivity contribution in [2.24, 2.45) is 5.84 Å². The second kappa shape index (κ2) is 6.83. The number of rotatable bonds is 8. The summed E-state index contributed by atoms with van der Waals surface area (Å²) in [5.41, 5.74) is 2.55. The number of nitrogens with two attached hydrogens (primary N) is 1. The lowest BCUT2D eigenvalue weighted by atomic mass is 10.3. The van der Waals surface area contributed by atoms with Gasteiger partial charge in [0.25, 0.3) is 0 Å². The van der Waals surface area contributed by atoms with Gasteiger partial charge in [-0.3, -0.25) is 4.90 Å². The van der Waals surface area contributed by atoms with Gasteiger partial charge in [0.05, 0.1) is 0 Å². The standard InChI is InChI=1S/C13H24N6O/c1-9(19(2)10-4-5-10)7-15-11-6-12(18-14)17-13(16-11)8-20-3/h6,9-10H,4-5,7-8,14H2,1-3H3,(H2,15,16,17,18).